The zero-order valence-electron chi connectivity index (χ0n) is 8.86. The Labute approximate surface area is 90.1 Å². The van der Waals surface area contributed by atoms with E-state index >= 15 is 0 Å². The molecule has 0 radical (unpaired) electrons. The van der Waals surface area contributed by atoms with E-state index in [9.17, 15) is 13.2 Å². The van der Waals surface area contributed by atoms with Crippen LogP contribution >= 0.6 is 0 Å². The second-order valence-corrected chi connectivity index (χ2v) is 5.97. The molecule has 88 valence electrons. The summed E-state index contributed by atoms with van der Waals surface area (Å²) in [6.07, 6.45) is 1.35. The monoisotopic (exact) mass is 235 g/mol. The van der Waals surface area contributed by atoms with Crippen molar-refractivity contribution in [3.05, 3.63) is 0 Å². The minimum atomic E-state index is -2.96. The van der Waals surface area contributed by atoms with Crippen molar-refractivity contribution in [1.29, 1.82) is 0 Å². The third kappa shape index (κ3) is 3.79. The van der Waals surface area contributed by atoms with Gasteiger partial charge in [-0.25, -0.2) is 8.42 Å². The molecule has 0 saturated carbocycles. The van der Waals surface area contributed by atoms with Crippen LogP contribution in [0.1, 0.15) is 19.8 Å². The number of hydrogen-bond donors (Lipinski definition) is 1. The Morgan fingerprint density at radius 2 is 2.27 bits per heavy atom. The Balaban J connectivity index is 2.28. The van der Waals surface area contributed by atoms with Gasteiger partial charge in [-0.2, -0.15) is 0 Å². The maximum Gasteiger partial charge on any atom is 0.246 e. The highest BCUT2D eigenvalue weighted by Gasteiger charge is 2.31. The summed E-state index contributed by atoms with van der Waals surface area (Å²) in [5.74, 6) is -0.00197. The number of ether oxygens (including phenoxy) is 1. The van der Waals surface area contributed by atoms with Gasteiger partial charge in [0.1, 0.15) is 6.61 Å². The van der Waals surface area contributed by atoms with E-state index in [1.807, 2.05) is 0 Å². The van der Waals surface area contributed by atoms with Crippen LogP contribution in [0.2, 0.25) is 0 Å². The molecule has 0 aromatic heterocycles. The Morgan fingerprint density at radius 1 is 1.53 bits per heavy atom. The minimum Gasteiger partial charge on any atom is -0.372 e. The van der Waals surface area contributed by atoms with Gasteiger partial charge in [-0.05, 0) is 19.8 Å². The van der Waals surface area contributed by atoms with Crippen molar-refractivity contribution in [3.8, 4) is 0 Å². The summed E-state index contributed by atoms with van der Waals surface area (Å²) in [6.45, 7) is 2.50. The summed E-state index contributed by atoms with van der Waals surface area (Å²) in [5.41, 5.74) is 0. The lowest BCUT2D eigenvalue weighted by Crippen LogP contribution is -2.36. The highest BCUT2D eigenvalue weighted by Crippen LogP contribution is 2.18. The molecule has 1 atom stereocenters. The summed E-state index contributed by atoms with van der Waals surface area (Å²) >= 11 is 0. The lowest BCUT2D eigenvalue weighted by molar-refractivity contribution is -0.125. The second kappa shape index (κ2) is 5.46. The Morgan fingerprint density at radius 3 is 2.80 bits per heavy atom. The fourth-order valence-corrected chi connectivity index (χ4v) is 3.33. The normalized spacial score (nSPS) is 23.9. The molecule has 1 saturated heterocycles. The van der Waals surface area contributed by atoms with Gasteiger partial charge in [-0.15, -0.1) is 0 Å². The number of sulfone groups is 1. The topological polar surface area (TPSA) is 72.5 Å². The first-order chi connectivity index (χ1) is 7.06. The van der Waals surface area contributed by atoms with Crippen molar-refractivity contribution in [2.45, 2.75) is 25.0 Å². The summed E-state index contributed by atoms with van der Waals surface area (Å²) in [4.78, 5) is 11.1. The zero-order chi connectivity index (χ0) is 11.3. The predicted octanol–water partition coefficient (Wildman–Crippen LogP) is -0.284. The van der Waals surface area contributed by atoms with Gasteiger partial charge in [0.2, 0.25) is 5.91 Å². The molecule has 15 heavy (non-hydrogen) atoms. The quantitative estimate of drug-likeness (QED) is 0.711. The smallest absolute Gasteiger partial charge is 0.246 e. The maximum atomic E-state index is 11.4. The van der Waals surface area contributed by atoms with E-state index in [1.165, 1.54) is 0 Å². The standard InChI is InChI=1S/C9H17NO4S/c1-2-14-7-9(11)10-6-8-4-3-5-15(8,12)13/h8H,2-7H2,1H3,(H,10,11). The number of rotatable bonds is 5. The molecule has 1 rings (SSSR count). The molecular weight excluding hydrogens is 218 g/mol. The van der Waals surface area contributed by atoms with E-state index in [-0.39, 0.29) is 24.8 Å². The average Bonchev–Trinajstić information content (AvgIpc) is 2.51. The zero-order valence-corrected chi connectivity index (χ0v) is 9.68. The molecule has 1 heterocycles. The third-order valence-electron chi connectivity index (χ3n) is 2.43. The first-order valence-corrected chi connectivity index (χ1v) is 6.84. The molecule has 1 aliphatic rings. The van der Waals surface area contributed by atoms with Crippen LogP contribution in [0, 0.1) is 0 Å². The number of carbonyl (C=O) groups is 1. The number of hydrogen-bond acceptors (Lipinski definition) is 4. The Hall–Kier alpha value is -0.620. The van der Waals surface area contributed by atoms with Gasteiger partial charge in [0.05, 0.1) is 11.0 Å². The van der Waals surface area contributed by atoms with Crippen LogP contribution in [-0.2, 0) is 19.4 Å². The van der Waals surface area contributed by atoms with Gasteiger partial charge in [0.25, 0.3) is 0 Å². The molecular formula is C9H17NO4S. The van der Waals surface area contributed by atoms with E-state index in [2.05, 4.69) is 5.32 Å². The van der Waals surface area contributed by atoms with Gasteiger partial charge >= 0.3 is 0 Å². The van der Waals surface area contributed by atoms with Crippen molar-refractivity contribution in [1.82, 2.24) is 5.32 Å². The number of nitrogens with one attached hydrogen (secondary N) is 1. The molecule has 0 aromatic rings. The van der Waals surface area contributed by atoms with E-state index in [0.717, 1.165) is 0 Å². The van der Waals surface area contributed by atoms with Crippen LogP contribution in [-0.4, -0.2) is 45.1 Å². The van der Waals surface area contributed by atoms with E-state index in [0.29, 0.717) is 19.4 Å². The molecule has 0 aromatic carbocycles. The van der Waals surface area contributed by atoms with Crippen molar-refractivity contribution in [2.75, 3.05) is 25.5 Å². The Kier molecular flexibility index (Phi) is 4.53. The van der Waals surface area contributed by atoms with Gasteiger partial charge in [-0.3, -0.25) is 4.79 Å². The lowest BCUT2D eigenvalue weighted by atomic mass is 10.2. The number of amides is 1. The van der Waals surface area contributed by atoms with Crippen LogP contribution in [0.5, 0.6) is 0 Å². The van der Waals surface area contributed by atoms with Gasteiger partial charge in [0.15, 0.2) is 9.84 Å². The highest BCUT2D eigenvalue weighted by atomic mass is 32.2. The summed E-state index contributed by atoms with van der Waals surface area (Å²) < 4.78 is 27.7. The predicted molar refractivity (Wildman–Crippen MR) is 56.3 cm³/mol. The summed E-state index contributed by atoms with van der Waals surface area (Å²) in [7, 11) is -2.96. The van der Waals surface area contributed by atoms with Crippen molar-refractivity contribution in [2.24, 2.45) is 0 Å². The van der Waals surface area contributed by atoms with Crippen LogP contribution < -0.4 is 5.32 Å². The molecule has 5 nitrogen and oxygen atoms in total. The molecule has 1 aliphatic heterocycles. The van der Waals surface area contributed by atoms with Gasteiger partial charge in [0, 0.05) is 13.2 Å². The van der Waals surface area contributed by atoms with Crippen LogP contribution in [0.15, 0.2) is 0 Å². The molecule has 6 heteroatoms. The van der Waals surface area contributed by atoms with Gasteiger partial charge in [-0.1, -0.05) is 0 Å². The summed E-state index contributed by atoms with van der Waals surface area (Å²) in [6, 6.07) is 0. The highest BCUT2D eigenvalue weighted by molar-refractivity contribution is 7.92. The summed E-state index contributed by atoms with van der Waals surface area (Å²) in [5, 5.41) is 2.17. The molecule has 0 spiro atoms. The SMILES string of the molecule is CCOCC(=O)NCC1CCCS1(=O)=O. The van der Waals surface area contributed by atoms with Gasteiger partial charge < -0.3 is 10.1 Å². The third-order valence-corrected chi connectivity index (χ3v) is 4.70. The van der Waals surface area contributed by atoms with Crippen molar-refractivity contribution < 1.29 is 17.9 Å². The van der Waals surface area contributed by atoms with E-state index in [1.54, 1.807) is 6.92 Å². The molecule has 1 unspecified atom stereocenters. The molecule has 0 bridgehead atoms. The van der Waals surface area contributed by atoms with Crippen LogP contribution in [0.25, 0.3) is 0 Å². The molecule has 0 aliphatic carbocycles. The maximum absolute atomic E-state index is 11.4. The van der Waals surface area contributed by atoms with Crippen molar-refractivity contribution in [3.63, 3.8) is 0 Å². The second-order valence-electron chi connectivity index (χ2n) is 3.57. The molecule has 1 N–H and O–H groups in total. The van der Waals surface area contributed by atoms with Crippen LogP contribution in [0.3, 0.4) is 0 Å². The first kappa shape index (κ1) is 12.4. The fourth-order valence-electron chi connectivity index (χ4n) is 1.56. The molecule has 1 amide bonds. The fraction of sp³-hybridized carbons (Fsp3) is 0.889. The van der Waals surface area contributed by atoms with E-state index < -0.39 is 15.1 Å². The molecule has 1 fully saturated rings. The minimum absolute atomic E-state index is 0.00324. The Bertz CT molecular complexity index is 312. The first-order valence-electron chi connectivity index (χ1n) is 5.12. The largest absolute Gasteiger partial charge is 0.372 e. The number of carbonyl (C=O) groups excluding carboxylic acids is 1. The van der Waals surface area contributed by atoms with Crippen molar-refractivity contribution >= 4 is 15.7 Å². The average molecular weight is 235 g/mol. The van der Waals surface area contributed by atoms with Crippen LogP contribution in [0.4, 0.5) is 0 Å². The van der Waals surface area contributed by atoms with E-state index in [4.69, 9.17) is 4.74 Å². The lowest BCUT2D eigenvalue weighted by Gasteiger charge is -2.10.